The molecule has 124 valence electrons. The Morgan fingerprint density at radius 1 is 0.958 bits per heavy atom. The molecule has 0 N–H and O–H groups in total. The van der Waals surface area contributed by atoms with Crippen LogP contribution in [-0.4, -0.2) is 35.0 Å². The zero-order chi connectivity index (χ0) is 16.4. The summed E-state index contributed by atoms with van der Waals surface area (Å²) in [5.74, 6) is 0.709. The molecule has 4 rings (SSSR count). The number of para-hydroxylation sites is 1. The van der Waals surface area contributed by atoms with Gasteiger partial charge in [0.1, 0.15) is 5.75 Å². The van der Waals surface area contributed by atoms with E-state index in [1.54, 1.807) is 0 Å². The van der Waals surface area contributed by atoms with E-state index in [1.807, 2.05) is 29.2 Å². The first kappa shape index (κ1) is 15.2. The molecule has 0 saturated carbocycles. The molecule has 0 aromatic heterocycles. The van der Waals surface area contributed by atoms with Gasteiger partial charge in [0, 0.05) is 31.2 Å². The number of likely N-dealkylation sites (tertiary alicyclic amines) is 1. The molecule has 4 nitrogen and oxygen atoms in total. The Morgan fingerprint density at radius 2 is 1.67 bits per heavy atom. The van der Waals surface area contributed by atoms with Crippen molar-refractivity contribution in [1.29, 1.82) is 0 Å². The van der Waals surface area contributed by atoms with Crippen molar-refractivity contribution in [1.82, 2.24) is 9.80 Å². The van der Waals surface area contributed by atoms with Crippen LogP contribution in [-0.2, 0) is 13.1 Å². The van der Waals surface area contributed by atoms with Crippen LogP contribution in [0.3, 0.4) is 0 Å². The van der Waals surface area contributed by atoms with Crippen molar-refractivity contribution in [2.45, 2.75) is 32.0 Å². The van der Waals surface area contributed by atoms with Crippen molar-refractivity contribution < 1.29 is 9.53 Å². The molecule has 0 radical (unpaired) electrons. The van der Waals surface area contributed by atoms with Gasteiger partial charge in [-0.15, -0.1) is 0 Å². The zero-order valence-electron chi connectivity index (χ0n) is 13.7. The number of ether oxygens (including phenoxy) is 1. The summed E-state index contributed by atoms with van der Waals surface area (Å²) in [6.07, 6.45) is 1.81. The number of benzene rings is 2. The number of amides is 1. The van der Waals surface area contributed by atoms with Gasteiger partial charge in [-0.3, -0.25) is 4.90 Å². The van der Waals surface area contributed by atoms with E-state index in [0.29, 0.717) is 12.3 Å². The molecule has 1 fully saturated rings. The van der Waals surface area contributed by atoms with E-state index in [1.165, 1.54) is 5.56 Å². The second-order valence-electron chi connectivity index (χ2n) is 6.60. The molecule has 2 aromatic carbocycles. The molecule has 0 spiro atoms. The Kier molecular flexibility index (Phi) is 4.22. The zero-order valence-corrected chi connectivity index (χ0v) is 13.7. The molecular formula is C20H22N2O2. The van der Waals surface area contributed by atoms with Crippen LogP contribution in [0.2, 0.25) is 0 Å². The van der Waals surface area contributed by atoms with Crippen molar-refractivity contribution >= 4 is 6.09 Å². The molecular weight excluding hydrogens is 300 g/mol. The molecule has 2 heterocycles. The maximum Gasteiger partial charge on any atom is 0.415 e. The van der Waals surface area contributed by atoms with E-state index in [9.17, 15) is 4.79 Å². The molecule has 0 atom stereocenters. The number of rotatable bonds is 3. The van der Waals surface area contributed by atoms with Gasteiger partial charge in [-0.1, -0.05) is 48.5 Å². The summed E-state index contributed by atoms with van der Waals surface area (Å²) in [7, 11) is 0. The summed E-state index contributed by atoms with van der Waals surface area (Å²) >= 11 is 0. The predicted molar refractivity (Wildman–Crippen MR) is 92.8 cm³/mol. The molecule has 2 aromatic rings. The summed E-state index contributed by atoms with van der Waals surface area (Å²) in [6, 6.07) is 18.7. The third-order valence-corrected chi connectivity index (χ3v) is 4.99. The van der Waals surface area contributed by atoms with Crippen LogP contribution in [0.15, 0.2) is 54.6 Å². The van der Waals surface area contributed by atoms with Crippen LogP contribution in [0.1, 0.15) is 24.0 Å². The summed E-state index contributed by atoms with van der Waals surface area (Å²) < 4.78 is 5.49. The van der Waals surface area contributed by atoms with Crippen molar-refractivity contribution in [3.8, 4) is 5.75 Å². The SMILES string of the molecule is O=C1Oc2ccccc2CN1C1CCN(Cc2ccccc2)CC1. The van der Waals surface area contributed by atoms with Crippen molar-refractivity contribution in [2.75, 3.05) is 13.1 Å². The standard InChI is InChI=1S/C20H22N2O2/c23-20-22(15-17-8-4-5-9-19(17)24-20)18-10-12-21(13-11-18)14-16-6-2-1-3-7-16/h1-9,18H,10-15H2. The largest absolute Gasteiger partial charge is 0.415 e. The fraction of sp³-hybridized carbons (Fsp3) is 0.350. The fourth-order valence-corrected chi connectivity index (χ4v) is 3.64. The monoisotopic (exact) mass is 322 g/mol. The number of piperidine rings is 1. The van der Waals surface area contributed by atoms with Crippen LogP contribution in [0.4, 0.5) is 4.79 Å². The maximum absolute atomic E-state index is 12.3. The molecule has 1 saturated heterocycles. The minimum absolute atomic E-state index is 0.199. The Hall–Kier alpha value is -2.33. The van der Waals surface area contributed by atoms with Gasteiger partial charge in [0.05, 0.1) is 6.54 Å². The van der Waals surface area contributed by atoms with Crippen LogP contribution in [0.5, 0.6) is 5.75 Å². The highest BCUT2D eigenvalue weighted by molar-refractivity contribution is 5.73. The van der Waals surface area contributed by atoms with Gasteiger partial charge in [0.25, 0.3) is 0 Å². The minimum Gasteiger partial charge on any atom is -0.410 e. The van der Waals surface area contributed by atoms with Gasteiger partial charge in [-0.05, 0) is 24.5 Å². The molecule has 2 aliphatic rings. The van der Waals surface area contributed by atoms with Gasteiger partial charge in [-0.25, -0.2) is 4.79 Å². The number of carbonyl (C=O) groups is 1. The van der Waals surface area contributed by atoms with Gasteiger partial charge < -0.3 is 9.64 Å². The quantitative estimate of drug-likeness (QED) is 0.864. The van der Waals surface area contributed by atoms with Gasteiger partial charge in [0.15, 0.2) is 0 Å². The minimum atomic E-state index is -0.199. The van der Waals surface area contributed by atoms with E-state index in [4.69, 9.17) is 4.74 Å². The smallest absolute Gasteiger partial charge is 0.410 e. The van der Waals surface area contributed by atoms with Gasteiger partial charge >= 0.3 is 6.09 Å². The summed E-state index contributed by atoms with van der Waals surface area (Å²) in [5.41, 5.74) is 2.45. The Bertz CT molecular complexity index is 709. The molecule has 0 bridgehead atoms. The number of carbonyl (C=O) groups excluding carboxylic acids is 1. The van der Waals surface area contributed by atoms with Crippen molar-refractivity contribution in [3.05, 3.63) is 65.7 Å². The van der Waals surface area contributed by atoms with Gasteiger partial charge in [-0.2, -0.15) is 0 Å². The fourth-order valence-electron chi connectivity index (χ4n) is 3.64. The molecule has 4 heteroatoms. The first-order chi connectivity index (χ1) is 11.8. The molecule has 24 heavy (non-hydrogen) atoms. The highest BCUT2D eigenvalue weighted by Gasteiger charge is 2.32. The summed E-state index contributed by atoms with van der Waals surface area (Å²) in [6.45, 7) is 3.69. The van der Waals surface area contributed by atoms with Gasteiger partial charge in [0.2, 0.25) is 0 Å². The Morgan fingerprint density at radius 3 is 2.46 bits per heavy atom. The highest BCUT2D eigenvalue weighted by atomic mass is 16.6. The van der Waals surface area contributed by atoms with Crippen LogP contribution in [0, 0.1) is 0 Å². The van der Waals surface area contributed by atoms with E-state index < -0.39 is 0 Å². The lowest BCUT2D eigenvalue weighted by Gasteiger charge is -2.39. The van der Waals surface area contributed by atoms with Crippen molar-refractivity contribution in [2.24, 2.45) is 0 Å². The van der Waals surface area contributed by atoms with E-state index >= 15 is 0 Å². The topological polar surface area (TPSA) is 32.8 Å². The average molecular weight is 322 g/mol. The number of fused-ring (bicyclic) bond motifs is 1. The van der Waals surface area contributed by atoms with E-state index in [-0.39, 0.29) is 12.1 Å². The predicted octanol–water partition coefficient (Wildman–Crippen LogP) is 3.67. The Labute approximate surface area is 142 Å². The van der Waals surface area contributed by atoms with Crippen LogP contribution >= 0.6 is 0 Å². The first-order valence-corrected chi connectivity index (χ1v) is 8.62. The summed E-state index contributed by atoms with van der Waals surface area (Å²) in [4.78, 5) is 16.7. The lowest BCUT2D eigenvalue weighted by atomic mass is 10.0. The van der Waals surface area contributed by atoms with E-state index in [0.717, 1.165) is 38.0 Å². The summed E-state index contributed by atoms with van der Waals surface area (Å²) in [5, 5.41) is 0. The normalized spacial score (nSPS) is 19.0. The molecule has 0 unspecified atom stereocenters. The third kappa shape index (κ3) is 3.15. The second kappa shape index (κ2) is 6.65. The third-order valence-electron chi connectivity index (χ3n) is 4.99. The van der Waals surface area contributed by atoms with Crippen molar-refractivity contribution in [3.63, 3.8) is 0 Å². The number of hydrogen-bond acceptors (Lipinski definition) is 3. The molecule has 0 aliphatic carbocycles. The molecule has 2 aliphatic heterocycles. The Balaban J connectivity index is 1.37. The maximum atomic E-state index is 12.3. The first-order valence-electron chi connectivity index (χ1n) is 8.62. The molecule has 1 amide bonds. The average Bonchev–Trinajstić information content (AvgIpc) is 2.63. The lowest BCUT2D eigenvalue weighted by Crippen LogP contribution is -2.49. The lowest BCUT2D eigenvalue weighted by molar-refractivity contribution is 0.0805. The number of hydrogen-bond donors (Lipinski definition) is 0. The highest BCUT2D eigenvalue weighted by Crippen LogP contribution is 2.29. The second-order valence-corrected chi connectivity index (χ2v) is 6.60. The van der Waals surface area contributed by atoms with Crippen LogP contribution < -0.4 is 4.74 Å². The van der Waals surface area contributed by atoms with E-state index in [2.05, 4.69) is 35.2 Å². The van der Waals surface area contributed by atoms with Crippen LogP contribution in [0.25, 0.3) is 0 Å². The number of nitrogens with zero attached hydrogens (tertiary/aromatic N) is 2.